The lowest BCUT2D eigenvalue weighted by Crippen LogP contribution is -2.50. The number of amides is 1. The molecule has 3 rings (SSSR count). The van der Waals surface area contributed by atoms with E-state index in [1.54, 1.807) is 4.90 Å². The molecular weight excluding hydrogens is 398 g/mol. The van der Waals surface area contributed by atoms with E-state index in [-0.39, 0.29) is 49.2 Å². The molecule has 0 N–H and O–H groups in total. The van der Waals surface area contributed by atoms with Crippen molar-refractivity contribution in [2.45, 2.75) is 11.3 Å². The summed E-state index contributed by atoms with van der Waals surface area (Å²) in [6.45, 7) is 0.789. The predicted molar refractivity (Wildman–Crippen MR) is 105 cm³/mol. The summed E-state index contributed by atoms with van der Waals surface area (Å²) in [5.74, 6) is -0.0707. The highest BCUT2D eigenvalue weighted by Gasteiger charge is 2.31. The first-order valence-corrected chi connectivity index (χ1v) is 10.4. The van der Waals surface area contributed by atoms with Crippen LogP contribution in [0.15, 0.2) is 53.4 Å². The van der Waals surface area contributed by atoms with Gasteiger partial charge < -0.3 is 9.64 Å². The van der Waals surface area contributed by atoms with Crippen LogP contribution in [0.1, 0.15) is 5.56 Å². The second-order valence-corrected chi connectivity index (χ2v) is 8.48. The minimum Gasteiger partial charge on any atom is -0.490 e. The molecule has 29 heavy (non-hydrogen) atoms. The third kappa shape index (κ3) is 4.54. The summed E-state index contributed by atoms with van der Waals surface area (Å²) < 4.78 is 31.9. The van der Waals surface area contributed by atoms with Crippen molar-refractivity contribution in [3.63, 3.8) is 0 Å². The second kappa shape index (κ2) is 8.58. The van der Waals surface area contributed by atoms with Crippen molar-refractivity contribution in [2.75, 3.05) is 33.3 Å². The van der Waals surface area contributed by atoms with Crippen molar-refractivity contribution in [3.05, 3.63) is 64.2 Å². The third-order valence-corrected chi connectivity index (χ3v) is 6.67. The number of nitro benzene ring substituents is 1. The van der Waals surface area contributed by atoms with Crippen molar-refractivity contribution in [1.29, 1.82) is 0 Å². The van der Waals surface area contributed by atoms with Crippen molar-refractivity contribution >= 4 is 21.6 Å². The molecule has 1 aliphatic rings. The molecule has 1 saturated heterocycles. The van der Waals surface area contributed by atoms with Gasteiger partial charge in [-0.3, -0.25) is 14.9 Å². The van der Waals surface area contributed by atoms with Crippen molar-refractivity contribution in [1.82, 2.24) is 9.21 Å². The monoisotopic (exact) mass is 419 g/mol. The van der Waals surface area contributed by atoms with E-state index >= 15 is 0 Å². The summed E-state index contributed by atoms with van der Waals surface area (Å²) >= 11 is 0. The first kappa shape index (κ1) is 20.7. The SMILES string of the molecule is COc1ccc(S(=O)(=O)N2CCN(C(=O)Cc3ccccc3)CC2)cc1[N+](=O)[O-]. The second-order valence-electron chi connectivity index (χ2n) is 6.54. The van der Waals surface area contributed by atoms with Gasteiger partial charge >= 0.3 is 5.69 Å². The Morgan fingerprint density at radius 1 is 1.10 bits per heavy atom. The fourth-order valence-electron chi connectivity index (χ4n) is 3.18. The van der Waals surface area contributed by atoms with E-state index in [9.17, 15) is 23.3 Å². The molecule has 0 bridgehead atoms. The fraction of sp³-hybridized carbons (Fsp3) is 0.316. The van der Waals surface area contributed by atoms with E-state index < -0.39 is 20.6 Å². The van der Waals surface area contributed by atoms with Gasteiger partial charge in [-0.05, 0) is 17.7 Å². The van der Waals surface area contributed by atoms with Gasteiger partial charge in [-0.25, -0.2) is 8.42 Å². The molecular formula is C19H21N3O6S. The Bertz CT molecular complexity index is 1000. The largest absolute Gasteiger partial charge is 0.490 e. The van der Waals surface area contributed by atoms with Crippen LogP contribution in [0.5, 0.6) is 5.75 Å². The third-order valence-electron chi connectivity index (χ3n) is 4.77. The van der Waals surface area contributed by atoms with Gasteiger partial charge in [0.1, 0.15) is 0 Å². The lowest BCUT2D eigenvalue weighted by Gasteiger charge is -2.34. The highest BCUT2D eigenvalue weighted by molar-refractivity contribution is 7.89. The number of piperazine rings is 1. The smallest absolute Gasteiger partial charge is 0.312 e. The van der Waals surface area contributed by atoms with Crippen LogP contribution in [-0.2, 0) is 21.2 Å². The Morgan fingerprint density at radius 3 is 2.34 bits per heavy atom. The van der Waals surface area contributed by atoms with Crippen LogP contribution in [0, 0.1) is 10.1 Å². The molecule has 0 radical (unpaired) electrons. The first-order valence-electron chi connectivity index (χ1n) is 8.97. The lowest BCUT2D eigenvalue weighted by molar-refractivity contribution is -0.386. The number of carbonyl (C=O) groups is 1. The molecule has 0 unspecified atom stereocenters. The van der Waals surface area contributed by atoms with Crippen LogP contribution in [0.4, 0.5) is 5.69 Å². The minimum atomic E-state index is -3.92. The van der Waals surface area contributed by atoms with Crippen molar-refractivity contribution in [3.8, 4) is 5.75 Å². The Labute approximate surface area is 168 Å². The van der Waals surface area contributed by atoms with Gasteiger partial charge in [-0.2, -0.15) is 4.31 Å². The number of nitrogens with zero attached hydrogens (tertiary/aromatic N) is 3. The predicted octanol–water partition coefficient (Wildman–Crippen LogP) is 1.68. The summed E-state index contributed by atoms with van der Waals surface area (Å²) in [6, 6.07) is 12.9. The van der Waals surface area contributed by atoms with E-state index in [0.29, 0.717) is 0 Å². The molecule has 1 fully saturated rings. The standard InChI is InChI=1S/C19H21N3O6S/c1-28-18-8-7-16(14-17(18)22(24)25)29(26,27)21-11-9-20(10-12-21)19(23)13-15-5-3-2-4-6-15/h2-8,14H,9-13H2,1H3. The van der Waals surface area contributed by atoms with E-state index in [1.165, 1.54) is 23.5 Å². The molecule has 10 heteroatoms. The molecule has 154 valence electrons. The van der Waals surface area contributed by atoms with Crippen LogP contribution in [-0.4, -0.2) is 61.7 Å². The van der Waals surface area contributed by atoms with Gasteiger partial charge in [0.05, 0.1) is 23.3 Å². The van der Waals surface area contributed by atoms with Crippen LogP contribution in [0.2, 0.25) is 0 Å². The molecule has 0 atom stereocenters. The first-order chi connectivity index (χ1) is 13.8. The number of nitro groups is 1. The van der Waals surface area contributed by atoms with Gasteiger partial charge in [0.25, 0.3) is 0 Å². The summed E-state index contributed by atoms with van der Waals surface area (Å²) in [5, 5.41) is 11.2. The summed E-state index contributed by atoms with van der Waals surface area (Å²) in [4.78, 5) is 24.4. The number of methoxy groups -OCH3 is 1. The maximum Gasteiger partial charge on any atom is 0.312 e. The molecule has 9 nitrogen and oxygen atoms in total. The average molecular weight is 419 g/mol. The zero-order valence-corrected chi connectivity index (χ0v) is 16.7. The molecule has 1 heterocycles. The highest BCUT2D eigenvalue weighted by atomic mass is 32.2. The normalized spacial score (nSPS) is 15.1. The van der Waals surface area contributed by atoms with E-state index in [0.717, 1.165) is 11.6 Å². The number of rotatable bonds is 6. The van der Waals surface area contributed by atoms with E-state index in [4.69, 9.17) is 4.74 Å². The van der Waals surface area contributed by atoms with Gasteiger partial charge in [0.15, 0.2) is 5.75 Å². The molecule has 2 aromatic carbocycles. The Balaban J connectivity index is 1.69. The number of hydrogen-bond acceptors (Lipinski definition) is 6. The Kier molecular flexibility index (Phi) is 6.14. The number of benzene rings is 2. The Morgan fingerprint density at radius 2 is 1.76 bits per heavy atom. The molecule has 1 aliphatic heterocycles. The van der Waals surface area contributed by atoms with Crippen molar-refractivity contribution in [2.24, 2.45) is 0 Å². The molecule has 1 amide bonds. The molecule has 0 aliphatic carbocycles. The van der Waals surface area contributed by atoms with Crippen LogP contribution in [0.3, 0.4) is 0 Å². The van der Waals surface area contributed by atoms with Crippen LogP contribution >= 0.6 is 0 Å². The average Bonchev–Trinajstić information content (AvgIpc) is 2.74. The summed E-state index contributed by atoms with van der Waals surface area (Å²) in [6.07, 6.45) is 0.262. The molecule has 0 saturated carbocycles. The van der Waals surface area contributed by atoms with Crippen LogP contribution < -0.4 is 4.74 Å². The minimum absolute atomic E-state index is 0.00900. The Hall–Kier alpha value is -2.98. The van der Waals surface area contributed by atoms with Gasteiger partial charge in [-0.15, -0.1) is 0 Å². The molecule has 0 spiro atoms. The van der Waals surface area contributed by atoms with E-state index in [2.05, 4.69) is 0 Å². The number of hydrogen-bond donors (Lipinski definition) is 0. The summed E-state index contributed by atoms with van der Waals surface area (Å²) in [7, 11) is -2.64. The lowest BCUT2D eigenvalue weighted by atomic mass is 10.1. The zero-order valence-electron chi connectivity index (χ0n) is 15.9. The fourth-order valence-corrected chi connectivity index (χ4v) is 4.62. The van der Waals surface area contributed by atoms with E-state index in [1.807, 2.05) is 30.3 Å². The zero-order chi connectivity index (χ0) is 21.0. The van der Waals surface area contributed by atoms with Gasteiger partial charge in [-0.1, -0.05) is 30.3 Å². The van der Waals surface area contributed by atoms with Crippen molar-refractivity contribution < 1.29 is 22.9 Å². The number of carbonyl (C=O) groups excluding carboxylic acids is 1. The molecule has 2 aromatic rings. The van der Waals surface area contributed by atoms with Gasteiger partial charge in [0.2, 0.25) is 15.9 Å². The number of sulfonamides is 1. The molecule has 0 aromatic heterocycles. The number of ether oxygens (including phenoxy) is 1. The topological polar surface area (TPSA) is 110 Å². The maximum atomic E-state index is 12.9. The summed E-state index contributed by atoms with van der Waals surface area (Å²) in [5.41, 5.74) is 0.489. The van der Waals surface area contributed by atoms with Gasteiger partial charge in [0, 0.05) is 32.2 Å². The highest BCUT2D eigenvalue weighted by Crippen LogP contribution is 2.30. The van der Waals surface area contributed by atoms with Crippen LogP contribution in [0.25, 0.3) is 0 Å². The quantitative estimate of drug-likeness (QED) is 0.520. The maximum absolute atomic E-state index is 12.9.